The first-order valence-corrected chi connectivity index (χ1v) is 9.07. The van der Waals surface area contributed by atoms with Gasteiger partial charge in [-0.05, 0) is 59.8 Å². The number of methoxy groups -OCH3 is 1. The van der Waals surface area contributed by atoms with Crippen molar-refractivity contribution in [2.45, 2.75) is 37.2 Å². The summed E-state index contributed by atoms with van der Waals surface area (Å²) in [5.41, 5.74) is 0.356. The van der Waals surface area contributed by atoms with E-state index in [4.69, 9.17) is 4.74 Å². The smallest absolute Gasteiger partial charge is 0.264 e. The van der Waals surface area contributed by atoms with E-state index < -0.39 is 27.7 Å². The van der Waals surface area contributed by atoms with E-state index in [9.17, 15) is 17.6 Å². The molecule has 2 rings (SSSR count). The van der Waals surface area contributed by atoms with Crippen LogP contribution < -0.4 is 4.72 Å². The molecule has 1 aliphatic carbocycles. The first kappa shape index (κ1) is 17.4. The summed E-state index contributed by atoms with van der Waals surface area (Å²) in [6.45, 7) is 1.54. The van der Waals surface area contributed by atoms with Crippen molar-refractivity contribution in [3.05, 3.63) is 28.0 Å². The zero-order chi connectivity index (χ0) is 16.5. The minimum absolute atomic E-state index is 0.0229. The van der Waals surface area contributed by atoms with Gasteiger partial charge in [0.15, 0.2) is 0 Å². The lowest BCUT2D eigenvalue weighted by Gasteiger charge is -2.13. The number of benzene rings is 1. The van der Waals surface area contributed by atoms with E-state index in [-0.39, 0.29) is 15.5 Å². The molecule has 1 saturated carbocycles. The van der Waals surface area contributed by atoms with Crippen molar-refractivity contribution in [3.63, 3.8) is 0 Å². The fourth-order valence-electron chi connectivity index (χ4n) is 2.58. The number of rotatable bonds is 4. The highest BCUT2D eigenvalue weighted by Gasteiger charge is 2.32. The average Bonchev–Trinajstić information content (AvgIpc) is 2.91. The molecule has 1 amide bonds. The van der Waals surface area contributed by atoms with Crippen molar-refractivity contribution in [1.29, 1.82) is 0 Å². The summed E-state index contributed by atoms with van der Waals surface area (Å²) < 4.78 is 45.6. The van der Waals surface area contributed by atoms with Gasteiger partial charge in [-0.1, -0.05) is 0 Å². The predicted octanol–water partition coefficient (Wildman–Crippen LogP) is 2.52. The molecule has 22 heavy (non-hydrogen) atoms. The van der Waals surface area contributed by atoms with E-state index in [0.29, 0.717) is 18.4 Å². The third kappa shape index (κ3) is 3.67. The minimum Gasteiger partial charge on any atom is -0.381 e. The van der Waals surface area contributed by atoms with Crippen LogP contribution in [0.4, 0.5) is 4.39 Å². The molecule has 0 bridgehead atoms. The van der Waals surface area contributed by atoms with Gasteiger partial charge in [0.05, 0.1) is 15.5 Å². The molecule has 0 radical (unpaired) electrons. The van der Waals surface area contributed by atoms with Gasteiger partial charge in [0, 0.05) is 13.0 Å². The van der Waals surface area contributed by atoms with Crippen LogP contribution in [-0.4, -0.2) is 27.5 Å². The Kier molecular flexibility index (Phi) is 5.24. The first-order valence-electron chi connectivity index (χ1n) is 6.79. The average molecular weight is 394 g/mol. The molecule has 0 saturated heterocycles. The summed E-state index contributed by atoms with van der Waals surface area (Å²) in [5, 5.41) is 0. The Balaban J connectivity index is 2.18. The maximum Gasteiger partial charge on any atom is 0.264 e. The normalized spacial score (nSPS) is 21.8. The number of nitrogens with one attached hydrogen (secondary N) is 1. The number of carbonyl (C=O) groups is 1. The molecule has 0 aromatic heterocycles. The van der Waals surface area contributed by atoms with Gasteiger partial charge in [-0.15, -0.1) is 0 Å². The van der Waals surface area contributed by atoms with E-state index in [2.05, 4.69) is 15.9 Å². The van der Waals surface area contributed by atoms with E-state index in [1.807, 2.05) is 4.72 Å². The Bertz CT molecular complexity index is 692. The Hall–Kier alpha value is -0.990. The number of carbonyl (C=O) groups excluding carboxylic acids is 1. The van der Waals surface area contributed by atoms with Crippen molar-refractivity contribution < 1.29 is 22.3 Å². The number of sulfonamides is 1. The second kappa shape index (κ2) is 6.64. The number of ether oxygens (including phenoxy) is 1. The van der Waals surface area contributed by atoms with Crippen LogP contribution in [0.25, 0.3) is 0 Å². The number of amides is 1. The van der Waals surface area contributed by atoms with E-state index in [1.165, 1.54) is 6.07 Å². The molecule has 1 aromatic rings. The minimum atomic E-state index is -4.09. The monoisotopic (exact) mass is 393 g/mol. The van der Waals surface area contributed by atoms with Crippen LogP contribution in [0.1, 0.15) is 24.8 Å². The van der Waals surface area contributed by atoms with Crippen molar-refractivity contribution in [3.8, 4) is 0 Å². The number of aryl methyl sites for hydroxylation is 1. The fourth-order valence-corrected chi connectivity index (χ4v) is 4.32. The maximum absolute atomic E-state index is 13.6. The highest BCUT2D eigenvalue weighted by atomic mass is 79.9. The summed E-state index contributed by atoms with van der Waals surface area (Å²) in [6.07, 6.45) is 1.77. The Morgan fingerprint density at radius 1 is 1.41 bits per heavy atom. The molecule has 5 nitrogen and oxygen atoms in total. The lowest BCUT2D eigenvalue weighted by atomic mass is 10.1. The molecular formula is C14H17BrFNO4S. The summed E-state index contributed by atoms with van der Waals surface area (Å²) in [4.78, 5) is 11.9. The molecular weight excluding hydrogens is 377 g/mol. The maximum atomic E-state index is 13.6. The molecule has 1 fully saturated rings. The Morgan fingerprint density at radius 2 is 2.09 bits per heavy atom. The molecule has 0 heterocycles. The van der Waals surface area contributed by atoms with E-state index in [0.717, 1.165) is 12.5 Å². The molecule has 1 aliphatic rings. The number of hydrogen-bond donors (Lipinski definition) is 1. The van der Waals surface area contributed by atoms with Gasteiger partial charge in [0.25, 0.3) is 10.0 Å². The van der Waals surface area contributed by atoms with Gasteiger partial charge < -0.3 is 4.74 Å². The highest BCUT2D eigenvalue weighted by molar-refractivity contribution is 9.10. The summed E-state index contributed by atoms with van der Waals surface area (Å²) >= 11 is 3.00. The molecule has 2 unspecified atom stereocenters. The quantitative estimate of drug-likeness (QED) is 0.852. The van der Waals surface area contributed by atoms with Crippen molar-refractivity contribution in [2.24, 2.45) is 5.92 Å². The summed E-state index contributed by atoms with van der Waals surface area (Å²) in [6, 6.07) is 2.27. The number of halogens is 2. The molecule has 122 valence electrons. The van der Waals surface area contributed by atoms with Gasteiger partial charge in [0.2, 0.25) is 5.91 Å². The molecule has 1 N–H and O–H groups in total. The molecule has 8 heteroatoms. The largest absolute Gasteiger partial charge is 0.381 e. The van der Waals surface area contributed by atoms with Crippen LogP contribution in [0.15, 0.2) is 21.5 Å². The summed E-state index contributed by atoms with van der Waals surface area (Å²) in [7, 11) is -2.53. The number of hydrogen-bond acceptors (Lipinski definition) is 4. The van der Waals surface area contributed by atoms with Crippen LogP contribution in [0.5, 0.6) is 0 Å². The lowest BCUT2D eigenvalue weighted by Crippen LogP contribution is -2.35. The zero-order valence-electron chi connectivity index (χ0n) is 12.2. The van der Waals surface area contributed by atoms with Gasteiger partial charge in [0.1, 0.15) is 5.82 Å². The highest BCUT2D eigenvalue weighted by Crippen LogP contribution is 2.28. The van der Waals surface area contributed by atoms with E-state index >= 15 is 0 Å². The standard InChI is InChI=1S/C14H17BrFNO4S/c1-8-5-11(15)12(16)7-13(8)22(19,20)17-14(18)9-3-4-10(6-9)21-2/h5,7,9-10H,3-4,6H2,1-2H3,(H,17,18). The van der Waals surface area contributed by atoms with Crippen molar-refractivity contribution in [2.75, 3.05) is 7.11 Å². The van der Waals surface area contributed by atoms with Gasteiger partial charge >= 0.3 is 0 Å². The molecule has 1 aromatic carbocycles. The molecule has 0 spiro atoms. The second-order valence-corrected chi connectivity index (χ2v) is 7.87. The summed E-state index contributed by atoms with van der Waals surface area (Å²) in [5.74, 6) is -1.67. The fraction of sp³-hybridized carbons (Fsp3) is 0.500. The van der Waals surface area contributed by atoms with Crippen LogP contribution in [-0.2, 0) is 19.6 Å². The van der Waals surface area contributed by atoms with Gasteiger partial charge in [-0.3, -0.25) is 4.79 Å². The first-order chi connectivity index (χ1) is 10.2. The van der Waals surface area contributed by atoms with Crippen LogP contribution in [0.2, 0.25) is 0 Å². The van der Waals surface area contributed by atoms with Crippen LogP contribution in [0.3, 0.4) is 0 Å². The molecule has 2 atom stereocenters. The zero-order valence-corrected chi connectivity index (χ0v) is 14.6. The van der Waals surface area contributed by atoms with Gasteiger partial charge in [-0.25, -0.2) is 17.5 Å². The van der Waals surface area contributed by atoms with Crippen LogP contribution in [0, 0.1) is 18.7 Å². The van der Waals surface area contributed by atoms with Crippen molar-refractivity contribution >= 4 is 31.9 Å². The Morgan fingerprint density at radius 3 is 2.68 bits per heavy atom. The second-order valence-electron chi connectivity index (χ2n) is 5.37. The lowest BCUT2D eigenvalue weighted by molar-refractivity contribution is -0.123. The predicted molar refractivity (Wildman–Crippen MR) is 82.3 cm³/mol. The van der Waals surface area contributed by atoms with Crippen LogP contribution >= 0.6 is 15.9 Å². The Labute approximate surface area is 137 Å². The van der Waals surface area contributed by atoms with Crippen molar-refractivity contribution in [1.82, 2.24) is 4.72 Å². The third-order valence-corrected chi connectivity index (χ3v) is 5.93. The third-order valence-electron chi connectivity index (χ3n) is 3.83. The van der Waals surface area contributed by atoms with E-state index in [1.54, 1.807) is 14.0 Å². The SMILES string of the molecule is COC1CCC(C(=O)NS(=O)(=O)c2cc(F)c(Br)cc2C)C1. The van der Waals surface area contributed by atoms with Gasteiger partial charge in [-0.2, -0.15) is 0 Å². The molecule has 0 aliphatic heterocycles. The topological polar surface area (TPSA) is 72.5 Å².